The first-order chi connectivity index (χ1) is 2.77. The van der Waals surface area contributed by atoms with Crippen LogP contribution in [0.2, 0.25) is 0 Å². The normalized spacial score (nSPS) is 7.83. The largest absolute Gasteiger partial charge is 0.148 e. The molecule has 0 aromatic carbocycles. The minimum Gasteiger partial charge on any atom is -0.0702 e. The van der Waals surface area contributed by atoms with E-state index in [9.17, 15) is 0 Å². The zero-order valence-electron chi connectivity index (χ0n) is 2.67. The summed E-state index contributed by atoms with van der Waals surface area (Å²) in [6.45, 7) is 0. The van der Waals surface area contributed by atoms with Crippen LogP contribution in [0, 0.1) is 0 Å². The lowest BCUT2D eigenvalue weighted by Gasteiger charge is -1.76. The molecule has 0 saturated heterocycles. The van der Waals surface area contributed by atoms with E-state index in [-0.39, 0.29) is 3.86 Å². The van der Waals surface area contributed by atoms with Gasteiger partial charge in [-0.3, -0.25) is 0 Å². The number of hydrogen-bond donors (Lipinski definition) is 0. The van der Waals surface area contributed by atoms with Crippen molar-refractivity contribution in [3.8, 4) is 0 Å². The van der Waals surface area contributed by atoms with Crippen LogP contribution >= 0.6 is 31.9 Å². The van der Waals surface area contributed by atoms with Crippen LogP contribution in [0.15, 0.2) is 5.11 Å². The predicted octanol–water partition coefficient (Wildman–Crippen LogP) is 2.37. The third kappa shape index (κ3) is 4.27. The second kappa shape index (κ2) is 3.46. The summed E-state index contributed by atoms with van der Waals surface area (Å²) >= 11 is 5.86. The summed E-state index contributed by atoms with van der Waals surface area (Å²) in [5.74, 6) is 0. The first-order valence-electron chi connectivity index (χ1n) is 1.09. The lowest BCUT2D eigenvalue weighted by molar-refractivity contribution is 1.30. The van der Waals surface area contributed by atoms with Crippen LogP contribution in [0.4, 0.5) is 0 Å². The Kier molecular flexibility index (Phi) is 3.62. The number of rotatable bonds is 1. The average molecular weight is 215 g/mol. The second-order valence-corrected chi connectivity index (χ2v) is 3.45. The fraction of sp³-hybridized carbons (Fsp3) is 1.00. The summed E-state index contributed by atoms with van der Waals surface area (Å²) in [5.41, 5.74) is 7.64. The Labute approximate surface area is 51.6 Å². The van der Waals surface area contributed by atoms with Crippen LogP contribution in [0.1, 0.15) is 0 Å². The van der Waals surface area contributed by atoms with Gasteiger partial charge in [0, 0.05) is 4.91 Å². The van der Waals surface area contributed by atoms with Gasteiger partial charge in [-0.05, 0) is 5.53 Å². The van der Waals surface area contributed by atoms with Gasteiger partial charge in [0.2, 0.25) is 0 Å². The number of nitrogens with zero attached hydrogens (tertiary/aromatic N) is 3. The molecule has 0 amide bonds. The Bertz CT molecular complexity index is 72.9. The molecule has 0 aromatic heterocycles. The van der Waals surface area contributed by atoms with Crippen LogP contribution in [0.5, 0.6) is 0 Å². The van der Waals surface area contributed by atoms with E-state index < -0.39 is 0 Å². The Morgan fingerprint density at radius 1 is 1.67 bits per heavy atom. The fourth-order valence-electron chi connectivity index (χ4n) is 0.0390. The monoisotopic (exact) mass is 213 g/mol. The molecule has 0 radical (unpaired) electrons. The van der Waals surface area contributed by atoms with Crippen LogP contribution < -0.4 is 0 Å². The maximum absolute atomic E-state index is 7.64. The molecule has 0 fully saturated rings. The highest BCUT2D eigenvalue weighted by Gasteiger charge is 1.83. The highest BCUT2D eigenvalue weighted by atomic mass is 79.9. The standard InChI is InChI=1S/CHBr2N3/c2-1(3)5-6-4/h1H. The first kappa shape index (κ1) is 6.27. The van der Waals surface area contributed by atoms with Crippen molar-refractivity contribution in [1.29, 1.82) is 0 Å². The summed E-state index contributed by atoms with van der Waals surface area (Å²) in [7, 11) is 0. The molecule has 0 atom stereocenters. The lowest BCUT2D eigenvalue weighted by Crippen LogP contribution is -1.65. The number of halogens is 2. The molecule has 34 valence electrons. The van der Waals surface area contributed by atoms with Crippen molar-refractivity contribution in [2.75, 3.05) is 0 Å². The Morgan fingerprint density at radius 3 is 2.17 bits per heavy atom. The minimum absolute atomic E-state index is 0.269. The van der Waals surface area contributed by atoms with Crippen molar-refractivity contribution in [3.63, 3.8) is 0 Å². The summed E-state index contributed by atoms with van der Waals surface area (Å²) in [4.78, 5) is 2.47. The molecule has 0 aliphatic heterocycles. The highest BCUT2D eigenvalue weighted by molar-refractivity contribution is 9.24. The van der Waals surface area contributed by atoms with E-state index in [0.29, 0.717) is 0 Å². The molecule has 0 aliphatic carbocycles. The smallest absolute Gasteiger partial charge is 0.0702 e. The molecular formula is CHBr2N3. The van der Waals surface area contributed by atoms with Gasteiger partial charge in [0.25, 0.3) is 0 Å². The van der Waals surface area contributed by atoms with Gasteiger partial charge in [0.05, 0.1) is 0 Å². The van der Waals surface area contributed by atoms with Gasteiger partial charge in [-0.1, -0.05) is 37.0 Å². The van der Waals surface area contributed by atoms with E-state index in [1.165, 1.54) is 0 Å². The van der Waals surface area contributed by atoms with Crippen LogP contribution in [-0.2, 0) is 0 Å². The molecule has 0 unspecified atom stereocenters. The van der Waals surface area contributed by atoms with Gasteiger partial charge in [-0.25, -0.2) is 0 Å². The SMILES string of the molecule is [N-]=[N+]=NC(Br)Br. The number of alkyl halides is 2. The zero-order chi connectivity index (χ0) is 4.99. The van der Waals surface area contributed by atoms with Gasteiger partial charge >= 0.3 is 0 Å². The van der Waals surface area contributed by atoms with E-state index >= 15 is 0 Å². The molecule has 5 heteroatoms. The van der Waals surface area contributed by atoms with Crippen LogP contribution in [-0.4, -0.2) is 3.86 Å². The van der Waals surface area contributed by atoms with Crippen molar-refractivity contribution in [3.05, 3.63) is 10.4 Å². The molecule has 0 aromatic rings. The molecular weight excluding hydrogens is 214 g/mol. The van der Waals surface area contributed by atoms with Crippen LogP contribution in [0.3, 0.4) is 0 Å². The summed E-state index contributed by atoms with van der Waals surface area (Å²) in [6, 6.07) is 0. The van der Waals surface area contributed by atoms with E-state index in [1.807, 2.05) is 0 Å². The van der Waals surface area contributed by atoms with Gasteiger partial charge in [0.1, 0.15) is 3.86 Å². The molecule has 0 bridgehead atoms. The van der Waals surface area contributed by atoms with E-state index in [0.717, 1.165) is 0 Å². The summed E-state index contributed by atoms with van der Waals surface area (Å²) in [5, 5.41) is 3.14. The maximum atomic E-state index is 7.64. The second-order valence-electron chi connectivity index (χ2n) is 0.483. The van der Waals surface area contributed by atoms with E-state index in [2.05, 4.69) is 41.9 Å². The molecule has 0 rings (SSSR count). The third-order valence-electron chi connectivity index (χ3n) is 0.139. The number of hydrogen-bond acceptors (Lipinski definition) is 1. The first-order valence-corrected chi connectivity index (χ1v) is 2.93. The molecule has 6 heavy (non-hydrogen) atoms. The van der Waals surface area contributed by atoms with E-state index in [4.69, 9.17) is 5.53 Å². The molecule has 0 heterocycles. The van der Waals surface area contributed by atoms with Crippen molar-refractivity contribution >= 4 is 31.9 Å². The fourth-order valence-corrected chi connectivity index (χ4v) is 0.203. The molecule has 0 saturated carbocycles. The average Bonchev–Trinajstić information content (AvgIpc) is 1.35. The van der Waals surface area contributed by atoms with Crippen molar-refractivity contribution in [1.82, 2.24) is 0 Å². The number of azide groups is 1. The van der Waals surface area contributed by atoms with E-state index in [1.54, 1.807) is 0 Å². The topological polar surface area (TPSA) is 48.8 Å². The maximum Gasteiger partial charge on any atom is 0.148 e. The third-order valence-corrected chi connectivity index (χ3v) is 0.505. The highest BCUT2D eigenvalue weighted by Crippen LogP contribution is 2.07. The molecule has 0 spiro atoms. The van der Waals surface area contributed by atoms with Crippen molar-refractivity contribution in [2.45, 2.75) is 3.86 Å². The minimum atomic E-state index is -0.269. The summed E-state index contributed by atoms with van der Waals surface area (Å²) < 4.78 is -0.269. The molecule has 0 aliphatic rings. The van der Waals surface area contributed by atoms with Gasteiger partial charge in [0.15, 0.2) is 0 Å². The van der Waals surface area contributed by atoms with Crippen molar-refractivity contribution < 1.29 is 0 Å². The van der Waals surface area contributed by atoms with Gasteiger partial charge in [-0.15, -0.1) is 0 Å². The zero-order valence-corrected chi connectivity index (χ0v) is 5.85. The Hall–Kier alpha value is 0.270. The predicted molar refractivity (Wildman–Crippen MR) is 30.8 cm³/mol. The molecule has 0 N–H and O–H groups in total. The summed E-state index contributed by atoms with van der Waals surface area (Å²) in [6.07, 6.45) is 0. The Balaban J connectivity index is 3.29. The molecule has 3 nitrogen and oxygen atoms in total. The van der Waals surface area contributed by atoms with Gasteiger partial charge in [-0.2, -0.15) is 0 Å². The Morgan fingerprint density at radius 2 is 2.17 bits per heavy atom. The lowest BCUT2D eigenvalue weighted by atomic mass is 11.5. The van der Waals surface area contributed by atoms with Crippen molar-refractivity contribution in [2.24, 2.45) is 5.11 Å². The quantitative estimate of drug-likeness (QED) is 0.212. The van der Waals surface area contributed by atoms with Gasteiger partial charge < -0.3 is 0 Å². The van der Waals surface area contributed by atoms with Crippen LogP contribution in [0.25, 0.3) is 10.4 Å².